The molecule has 0 saturated heterocycles. The van der Waals surface area contributed by atoms with E-state index in [1.807, 2.05) is 13.8 Å². The maximum absolute atomic E-state index is 12.7. The number of nitrogens with one attached hydrogen (secondary N) is 1. The summed E-state index contributed by atoms with van der Waals surface area (Å²) in [6.07, 6.45) is 0. The number of benzene rings is 1. The molecule has 0 spiro atoms. The fourth-order valence-corrected chi connectivity index (χ4v) is 1.55. The van der Waals surface area contributed by atoms with Crippen LogP contribution in [0.2, 0.25) is 0 Å². The summed E-state index contributed by atoms with van der Waals surface area (Å²) in [6, 6.07) is 5.85. The van der Waals surface area contributed by atoms with Crippen LogP contribution in [0.15, 0.2) is 24.3 Å². The largest absolute Gasteiger partial charge is 0.468 e. The van der Waals surface area contributed by atoms with Crippen LogP contribution in [-0.2, 0) is 16.1 Å². The first kappa shape index (κ1) is 13.6. The van der Waals surface area contributed by atoms with Crippen molar-refractivity contribution < 1.29 is 13.9 Å². The van der Waals surface area contributed by atoms with Gasteiger partial charge in [0.1, 0.15) is 11.9 Å². The van der Waals surface area contributed by atoms with E-state index in [1.165, 1.54) is 19.2 Å². The average Bonchev–Trinajstić information content (AvgIpc) is 2.31. The van der Waals surface area contributed by atoms with Gasteiger partial charge in [0, 0.05) is 6.54 Å². The Balaban J connectivity index is 2.58. The SMILES string of the molecule is COC(=O)[C@H](NCc1ccc(F)cc1)C(C)C. The van der Waals surface area contributed by atoms with E-state index in [1.54, 1.807) is 12.1 Å². The number of carbonyl (C=O) groups is 1. The van der Waals surface area contributed by atoms with Crippen LogP contribution in [-0.4, -0.2) is 19.1 Å². The van der Waals surface area contributed by atoms with Crippen LogP contribution in [0.1, 0.15) is 19.4 Å². The number of hydrogen-bond donors (Lipinski definition) is 1. The fourth-order valence-electron chi connectivity index (χ4n) is 1.55. The van der Waals surface area contributed by atoms with Gasteiger partial charge in [0.2, 0.25) is 0 Å². The lowest BCUT2D eigenvalue weighted by Crippen LogP contribution is -2.41. The molecular weight excluding hydrogens is 221 g/mol. The highest BCUT2D eigenvalue weighted by molar-refractivity contribution is 5.75. The van der Waals surface area contributed by atoms with Gasteiger partial charge in [-0.15, -0.1) is 0 Å². The average molecular weight is 239 g/mol. The van der Waals surface area contributed by atoms with Crippen LogP contribution in [0.3, 0.4) is 0 Å². The van der Waals surface area contributed by atoms with Crippen molar-refractivity contribution in [2.75, 3.05) is 7.11 Å². The fraction of sp³-hybridized carbons (Fsp3) is 0.462. The maximum Gasteiger partial charge on any atom is 0.323 e. The minimum atomic E-state index is -0.343. The second-order valence-corrected chi connectivity index (χ2v) is 4.25. The third kappa shape index (κ3) is 4.15. The molecule has 1 aromatic carbocycles. The molecule has 0 aliphatic carbocycles. The summed E-state index contributed by atoms with van der Waals surface area (Å²) in [6.45, 7) is 4.40. The van der Waals surface area contributed by atoms with Crippen molar-refractivity contribution >= 4 is 5.97 Å². The van der Waals surface area contributed by atoms with Gasteiger partial charge in [-0.05, 0) is 23.6 Å². The lowest BCUT2D eigenvalue weighted by atomic mass is 10.0. The second kappa shape index (κ2) is 6.35. The smallest absolute Gasteiger partial charge is 0.323 e. The van der Waals surface area contributed by atoms with Crippen LogP contribution in [0, 0.1) is 11.7 Å². The van der Waals surface area contributed by atoms with E-state index in [0.717, 1.165) is 5.56 Å². The normalized spacial score (nSPS) is 12.5. The third-order valence-electron chi connectivity index (χ3n) is 2.56. The molecule has 3 nitrogen and oxygen atoms in total. The van der Waals surface area contributed by atoms with Crippen molar-refractivity contribution in [1.29, 1.82) is 0 Å². The predicted molar refractivity (Wildman–Crippen MR) is 63.9 cm³/mol. The van der Waals surface area contributed by atoms with Gasteiger partial charge in [0.05, 0.1) is 7.11 Å². The minimum absolute atomic E-state index is 0.142. The lowest BCUT2D eigenvalue weighted by molar-refractivity contribution is -0.144. The van der Waals surface area contributed by atoms with Crippen molar-refractivity contribution in [1.82, 2.24) is 5.32 Å². The molecule has 0 unspecified atom stereocenters. The van der Waals surface area contributed by atoms with Crippen LogP contribution in [0.4, 0.5) is 4.39 Å². The number of halogens is 1. The molecule has 0 fully saturated rings. The molecule has 0 amide bonds. The molecule has 0 aliphatic heterocycles. The Morgan fingerprint density at radius 3 is 2.41 bits per heavy atom. The van der Waals surface area contributed by atoms with Crippen LogP contribution in [0.25, 0.3) is 0 Å². The summed E-state index contributed by atoms with van der Waals surface area (Å²) in [5.74, 6) is -0.396. The van der Waals surface area contributed by atoms with E-state index >= 15 is 0 Å². The van der Waals surface area contributed by atoms with Crippen molar-refractivity contribution in [3.63, 3.8) is 0 Å². The minimum Gasteiger partial charge on any atom is -0.468 e. The quantitative estimate of drug-likeness (QED) is 0.800. The van der Waals surface area contributed by atoms with Gasteiger partial charge in [-0.25, -0.2) is 4.39 Å². The first-order valence-electron chi connectivity index (χ1n) is 5.60. The molecule has 0 aromatic heterocycles. The maximum atomic E-state index is 12.7. The Kier molecular flexibility index (Phi) is 5.10. The molecule has 1 N–H and O–H groups in total. The van der Waals surface area contributed by atoms with Crippen molar-refractivity contribution in [3.05, 3.63) is 35.6 Å². The molecule has 17 heavy (non-hydrogen) atoms. The van der Waals surface area contributed by atoms with Crippen LogP contribution in [0.5, 0.6) is 0 Å². The van der Waals surface area contributed by atoms with E-state index < -0.39 is 0 Å². The summed E-state index contributed by atoms with van der Waals surface area (Å²) >= 11 is 0. The molecule has 1 atom stereocenters. The Bertz CT molecular complexity index is 362. The number of esters is 1. The monoisotopic (exact) mass is 239 g/mol. The summed E-state index contributed by atoms with van der Waals surface area (Å²) in [5, 5.41) is 3.11. The zero-order valence-corrected chi connectivity index (χ0v) is 10.4. The lowest BCUT2D eigenvalue weighted by Gasteiger charge is -2.19. The molecule has 94 valence electrons. The molecule has 0 heterocycles. The van der Waals surface area contributed by atoms with Gasteiger partial charge in [0.25, 0.3) is 0 Å². The zero-order valence-electron chi connectivity index (χ0n) is 10.4. The van der Waals surface area contributed by atoms with Crippen LogP contribution < -0.4 is 5.32 Å². The Morgan fingerprint density at radius 2 is 1.94 bits per heavy atom. The molecule has 0 saturated carbocycles. The van der Waals surface area contributed by atoms with E-state index in [0.29, 0.717) is 6.54 Å². The molecule has 1 aromatic rings. The van der Waals surface area contributed by atoms with Gasteiger partial charge in [-0.1, -0.05) is 26.0 Å². The Morgan fingerprint density at radius 1 is 1.35 bits per heavy atom. The molecular formula is C13H18FNO2. The molecule has 1 rings (SSSR count). The van der Waals surface area contributed by atoms with E-state index in [-0.39, 0.29) is 23.7 Å². The first-order valence-corrected chi connectivity index (χ1v) is 5.60. The number of methoxy groups -OCH3 is 1. The number of hydrogen-bond acceptors (Lipinski definition) is 3. The molecule has 0 aliphatic rings. The van der Waals surface area contributed by atoms with Gasteiger partial charge in [-0.3, -0.25) is 4.79 Å². The molecule has 0 radical (unpaired) electrons. The van der Waals surface area contributed by atoms with E-state index in [4.69, 9.17) is 4.74 Å². The first-order chi connectivity index (χ1) is 8.04. The molecule has 4 heteroatoms. The summed E-state index contributed by atoms with van der Waals surface area (Å²) in [4.78, 5) is 11.5. The van der Waals surface area contributed by atoms with Gasteiger partial charge < -0.3 is 10.1 Å². The van der Waals surface area contributed by atoms with Crippen molar-refractivity contribution in [2.24, 2.45) is 5.92 Å². The summed E-state index contributed by atoms with van der Waals surface area (Å²) in [7, 11) is 1.37. The topological polar surface area (TPSA) is 38.3 Å². The molecule has 0 bridgehead atoms. The second-order valence-electron chi connectivity index (χ2n) is 4.25. The van der Waals surface area contributed by atoms with Gasteiger partial charge in [0.15, 0.2) is 0 Å². The van der Waals surface area contributed by atoms with Gasteiger partial charge >= 0.3 is 5.97 Å². The summed E-state index contributed by atoms with van der Waals surface area (Å²) < 4.78 is 17.4. The number of carbonyl (C=O) groups excluding carboxylic acids is 1. The van der Waals surface area contributed by atoms with Crippen molar-refractivity contribution in [2.45, 2.75) is 26.4 Å². The van der Waals surface area contributed by atoms with Gasteiger partial charge in [-0.2, -0.15) is 0 Å². The standard InChI is InChI=1S/C13H18FNO2/c1-9(2)12(13(16)17-3)15-8-10-4-6-11(14)7-5-10/h4-7,9,12,15H,8H2,1-3H3/t12-/m1/s1. The highest BCUT2D eigenvalue weighted by Crippen LogP contribution is 2.07. The highest BCUT2D eigenvalue weighted by atomic mass is 19.1. The van der Waals surface area contributed by atoms with E-state index in [9.17, 15) is 9.18 Å². The van der Waals surface area contributed by atoms with Crippen molar-refractivity contribution in [3.8, 4) is 0 Å². The number of ether oxygens (including phenoxy) is 1. The van der Waals surface area contributed by atoms with E-state index in [2.05, 4.69) is 5.32 Å². The summed E-state index contributed by atoms with van der Waals surface area (Å²) in [5.41, 5.74) is 0.931. The highest BCUT2D eigenvalue weighted by Gasteiger charge is 2.21. The number of rotatable bonds is 5. The predicted octanol–water partition coefficient (Wildman–Crippen LogP) is 2.11. The third-order valence-corrected chi connectivity index (χ3v) is 2.56. The van der Waals surface area contributed by atoms with Crippen LogP contribution >= 0.6 is 0 Å². The Hall–Kier alpha value is -1.42. The Labute approximate surface area is 101 Å². The zero-order chi connectivity index (χ0) is 12.8.